The molecular formula is C25H32N4O. The van der Waals surface area contributed by atoms with E-state index in [1.807, 2.05) is 32.2 Å². The molecule has 0 aromatic heterocycles. The van der Waals surface area contributed by atoms with Crippen molar-refractivity contribution in [3.63, 3.8) is 0 Å². The summed E-state index contributed by atoms with van der Waals surface area (Å²) in [4.78, 5) is 14.6. The fraction of sp³-hybridized carbons (Fsp3) is 0.440. The average molecular weight is 405 g/mol. The summed E-state index contributed by atoms with van der Waals surface area (Å²) in [5.41, 5.74) is 9.40. The molecule has 3 N–H and O–H groups in total. The minimum atomic E-state index is -0.800. The number of hydrogen-bond donors (Lipinski definition) is 2. The SMILES string of the molecule is CN(Cc1ccc(CNc2cccc(C#N)c2)cc1)C(=O)C(C)(N)CC1CCCC1. The van der Waals surface area contributed by atoms with Gasteiger partial charge in [0.25, 0.3) is 0 Å². The smallest absolute Gasteiger partial charge is 0.242 e. The van der Waals surface area contributed by atoms with Crippen LogP contribution in [0.3, 0.4) is 0 Å². The van der Waals surface area contributed by atoms with E-state index in [2.05, 4.69) is 35.7 Å². The zero-order chi connectivity index (χ0) is 21.6. The number of hydrogen-bond acceptors (Lipinski definition) is 4. The number of likely N-dealkylation sites (N-methyl/N-ethyl adjacent to an activating group) is 1. The van der Waals surface area contributed by atoms with Gasteiger partial charge in [0.2, 0.25) is 5.91 Å². The van der Waals surface area contributed by atoms with Gasteiger partial charge < -0.3 is 16.0 Å². The molecule has 5 nitrogen and oxygen atoms in total. The number of rotatable bonds is 8. The average Bonchev–Trinajstić information content (AvgIpc) is 3.25. The lowest BCUT2D eigenvalue weighted by Gasteiger charge is -2.31. The second kappa shape index (κ2) is 9.77. The first-order valence-electron chi connectivity index (χ1n) is 10.7. The van der Waals surface area contributed by atoms with Crippen molar-refractivity contribution in [1.29, 1.82) is 5.26 Å². The zero-order valence-corrected chi connectivity index (χ0v) is 18.0. The van der Waals surface area contributed by atoms with Gasteiger partial charge in [0, 0.05) is 25.8 Å². The van der Waals surface area contributed by atoms with Crippen molar-refractivity contribution in [3.8, 4) is 6.07 Å². The Hall–Kier alpha value is -2.84. The molecule has 0 spiro atoms. The Kier molecular flexibility index (Phi) is 7.12. The monoisotopic (exact) mass is 404 g/mol. The molecule has 2 aromatic rings. The van der Waals surface area contributed by atoms with Crippen molar-refractivity contribution in [2.45, 2.75) is 57.7 Å². The number of carbonyl (C=O) groups is 1. The first-order valence-corrected chi connectivity index (χ1v) is 10.7. The summed E-state index contributed by atoms with van der Waals surface area (Å²) in [6.07, 6.45) is 5.68. The minimum Gasteiger partial charge on any atom is -0.381 e. The summed E-state index contributed by atoms with van der Waals surface area (Å²) in [7, 11) is 1.83. The summed E-state index contributed by atoms with van der Waals surface area (Å²) in [6, 6.07) is 17.8. The first-order chi connectivity index (χ1) is 14.4. The number of anilines is 1. The zero-order valence-electron chi connectivity index (χ0n) is 18.0. The van der Waals surface area contributed by atoms with Crippen LogP contribution in [-0.4, -0.2) is 23.4 Å². The van der Waals surface area contributed by atoms with Crippen molar-refractivity contribution in [1.82, 2.24) is 4.90 Å². The van der Waals surface area contributed by atoms with Gasteiger partial charge in [-0.2, -0.15) is 5.26 Å². The van der Waals surface area contributed by atoms with Crippen LogP contribution >= 0.6 is 0 Å². The van der Waals surface area contributed by atoms with Gasteiger partial charge in [0.1, 0.15) is 0 Å². The maximum absolute atomic E-state index is 12.9. The van der Waals surface area contributed by atoms with Crippen LogP contribution in [0, 0.1) is 17.2 Å². The van der Waals surface area contributed by atoms with Crippen molar-refractivity contribution in [2.24, 2.45) is 11.7 Å². The van der Waals surface area contributed by atoms with Crippen LogP contribution < -0.4 is 11.1 Å². The minimum absolute atomic E-state index is 0.0116. The lowest BCUT2D eigenvalue weighted by Crippen LogP contribution is -2.52. The molecule has 1 aliphatic carbocycles. The number of carbonyl (C=O) groups excluding carboxylic acids is 1. The standard InChI is InChI=1S/C25H32N4O/c1-25(27,15-19-6-3-4-7-19)24(30)29(2)18-21-12-10-20(11-13-21)17-28-23-9-5-8-22(14-23)16-26/h5,8-14,19,28H,3-4,6-7,15,17-18,27H2,1-2H3. The molecule has 0 radical (unpaired) electrons. The highest BCUT2D eigenvalue weighted by Crippen LogP contribution is 2.31. The fourth-order valence-corrected chi connectivity index (χ4v) is 4.35. The number of nitrogens with zero attached hydrogens (tertiary/aromatic N) is 2. The molecule has 1 amide bonds. The fourth-order valence-electron chi connectivity index (χ4n) is 4.35. The Balaban J connectivity index is 1.52. The van der Waals surface area contributed by atoms with Gasteiger partial charge in [0.05, 0.1) is 17.2 Å². The highest BCUT2D eigenvalue weighted by molar-refractivity contribution is 5.85. The van der Waals surface area contributed by atoms with E-state index in [9.17, 15) is 4.79 Å². The second-order valence-electron chi connectivity index (χ2n) is 8.80. The molecule has 0 heterocycles. The molecule has 1 unspecified atom stereocenters. The Labute approximate surface area is 179 Å². The van der Waals surface area contributed by atoms with Gasteiger partial charge in [-0.3, -0.25) is 4.79 Å². The van der Waals surface area contributed by atoms with E-state index in [0.717, 1.165) is 23.2 Å². The Morgan fingerprint density at radius 2 is 1.87 bits per heavy atom. The summed E-state index contributed by atoms with van der Waals surface area (Å²) in [5.74, 6) is 0.593. The van der Waals surface area contributed by atoms with Gasteiger partial charge in [-0.05, 0) is 48.6 Å². The number of nitrogens with one attached hydrogen (secondary N) is 1. The summed E-state index contributed by atoms with van der Waals surface area (Å²) < 4.78 is 0. The lowest BCUT2D eigenvalue weighted by molar-refractivity contribution is -0.136. The van der Waals surface area contributed by atoms with Crippen LogP contribution in [0.15, 0.2) is 48.5 Å². The third-order valence-electron chi connectivity index (χ3n) is 5.95. The van der Waals surface area contributed by atoms with Crippen molar-refractivity contribution in [2.75, 3.05) is 12.4 Å². The van der Waals surface area contributed by atoms with Gasteiger partial charge in [-0.25, -0.2) is 0 Å². The van der Waals surface area contributed by atoms with Crippen molar-refractivity contribution < 1.29 is 4.79 Å². The van der Waals surface area contributed by atoms with E-state index in [1.54, 1.807) is 11.0 Å². The lowest BCUT2D eigenvalue weighted by atomic mass is 9.87. The molecule has 1 saturated carbocycles. The Bertz CT molecular complexity index is 892. The van der Waals surface area contributed by atoms with Gasteiger partial charge >= 0.3 is 0 Å². The summed E-state index contributed by atoms with van der Waals surface area (Å²) in [5, 5.41) is 12.3. The quantitative estimate of drug-likeness (QED) is 0.682. The number of nitrogens with two attached hydrogens (primary N) is 1. The molecule has 1 fully saturated rings. The molecule has 3 rings (SSSR count). The highest BCUT2D eigenvalue weighted by Gasteiger charge is 2.34. The van der Waals surface area contributed by atoms with Crippen LogP contribution in [-0.2, 0) is 17.9 Å². The molecule has 1 aliphatic rings. The number of amides is 1. The third kappa shape index (κ3) is 5.84. The molecule has 5 heteroatoms. The predicted molar refractivity (Wildman–Crippen MR) is 121 cm³/mol. The topological polar surface area (TPSA) is 82.2 Å². The van der Waals surface area contributed by atoms with E-state index in [4.69, 9.17) is 11.0 Å². The molecule has 0 aliphatic heterocycles. The molecular weight excluding hydrogens is 372 g/mol. The molecule has 0 saturated heterocycles. The van der Waals surface area contributed by atoms with E-state index in [1.165, 1.54) is 25.7 Å². The first kappa shape index (κ1) is 21.9. The summed E-state index contributed by atoms with van der Waals surface area (Å²) in [6.45, 7) is 3.10. The maximum Gasteiger partial charge on any atom is 0.242 e. The largest absolute Gasteiger partial charge is 0.381 e. The van der Waals surface area contributed by atoms with Crippen LogP contribution in [0.25, 0.3) is 0 Å². The van der Waals surface area contributed by atoms with E-state index in [-0.39, 0.29) is 5.91 Å². The van der Waals surface area contributed by atoms with E-state index >= 15 is 0 Å². The molecule has 1 atom stereocenters. The predicted octanol–water partition coefficient (Wildman–Crippen LogP) is 4.43. The third-order valence-corrected chi connectivity index (χ3v) is 5.95. The molecule has 2 aromatic carbocycles. The van der Waals surface area contributed by atoms with Crippen LogP contribution in [0.4, 0.5) is 5.69 Å². The number of nitriles is 1. The molecule has 0 bridgehead atoms. The second-order valence-corrected chi connectivity index (χ2v) is 8.80. The Morgan fingerprint density at radius 1 is 1.20 bits per heavy atom. The van der Waals surface area contributed by atoms with Crippen LogP contribution in [0.1, 0.15) is 55.7 Å². The van der Waals surface area contributed by atoms with Crippen LogP contribution in [0.2, 0.25) is 0 Å². The van der Waals surface area contributed by atoms with Gasteiger partial charge in [0.15, 0.2) is 0 Å². The summed E-state index contributed by atoms with van der Waals surface area (Å²) >= 11 is 0. The van der Waals surface area contributed by atoms with Crippen molar-refractivity contribution >= 4 is 11.6 Å². The molecule has 158 valence electrons. The van der Waals surface area contributed by atoms with E-state index < -0.39 is 5.54 Å². The van der Waals surface area contributed by atoms with Crippen LogP contribution in [0.5, 0.6) is 0 Å². The van der Waals surface area contributed by atoms with Gasteiger partial charge in [-0.15, -0.1) is 0 Å². The Morgan fingerprint density at radius 3 is 2.53 bits per heavy atom. The molecule has 30 heavy (non-hydrogen) atoms. The maximum atomic E-state index is 12.9. The van der Waals surface area contributed by atoms with Crippen molar-refractivity contribution in [3.05, 3.63) is 65.2 Å². The number of benzene rings is 2. The van der Waals surface area contributed by atoms with Gasteiger partial charge in [-0.1, -0.05) is 56.0 Å². The van der Waals surface area contributed by atoms with E-state index in [0.29, 0.717) is 24.6 Å². The highest BCUT2D eigenvalue weighted by atomic mass is 16.2. The normalized spacial score (nSPS) is 15.9.